The molecular formula is C18H20N4O3. The Morgan fingerprint density at radius 2 is 1.92 bits per heavy atom. The molecule has 130 valence electrons. The van der Waals surface area contributed by atoms with Crippen molar-refractivity contribution < 1.29 is 14.6 Å². The van der Waals surface area contributed by atoms with Crippen LogP contribution < -0.4 is 10.1 Å². The number of nitrogens with one attached hydrogen (secondary N) is 1. The van der Waals surface area contributed by atoms with Gasteiger partial charge in [-0.25, -0.2) is 9.97 Å². The van der Waals surface area contributed by atoms with Crippen molar-refractivity contribution in [1.29, 1.82) is 0 Å². The number of pyridine rings is 1. The summed E-state index contributed by atoms with van der Waals surface area (Å²) in [5.74, 6) is 2.08. The van der Waals surface area contributed by atoms with Crippen molar-refractivity contribution in [3.05, 3.63) is 42.7 Å². The summed E-state index contributed by atoms with van der Waals surface area (Å²) in [5.41, 5.74) is 1.72. The molecule has 0 bridgehead atoms. The Balaban J connectivity index is 1.94. The summed E-state index contributed by atoms with van der Waals surface area (Å²) in [4.78, 5) is 13.3. The third-order valence-corrected chi connectivity index (χ3v) is 3.62. The molecule has 2 aromatic heterocycles. The second kappa shape index (κ2) is 8.36. The lowest BCUT2D eigenvalue weighted by Crippen LogP contribution is -2.13. The van der Waals surface area contributed by atoms with Crippen molar-refractivity contribution in [2.24, 2.45) is 0 Å². The second-order valence-corrected chi connectivity index (χ2v) is 5.28. The average molecular weight is 340 g/mol. The first kappa shape index (κ1) is 17.1. The van der Waals surface area contributed by atoms with Gasteiger partial charge in [0.1, 0.15) is 11.6 Å². The molecule has 7 nitrogen and oxygen atoms in total. The van der Waals surface area contributed by atoms with E-state index in [4.69, 9.17) is 14.6 Å². The zero-order valence-corrected chi connectivity index (χ0v) is 14.0. The van der Waals surface area contributed by atoms with E-state index in [0.717, 1.165) is 22.2 Å². The van der Waals surface area contributed by atoms with Gasteiger partial charge in [0.2, 0.25) is 0 Å². The van der Waals surface area contributed by atoms with Crippen molar-refractivity contribution in [1.82, 2.24) is 15.0 Å². The van der Waals surface area contributed by atoms with Crippen molar-refractivity contribution in [3.8, 4) is 17.1 Å². The molecular weight excluding hydrogens is 320 g/mol. The van der Waals surface area contributed by atoms with Crippen LogP contribution in [0.5, 0.6) is 5.75 Å². The van der Waals surface area contributed by atoms with Crippen LogP contribution in [0.1, 0.15) is 0 Å². The summed E-state index contributed by atoms with van der Waals surface area (Å²) in [6, 6.07) is 9.44. The number of methoxy groups -OCH3 is 1. The number of aliphatic hydroxyl groups excluding tert-OH is 1. The zero-order valence-electron chi connectivity index (χ0n) is 14.0. The van der Waals surface area contributed by atoms with Gasteiger partial charge in [-0.2, -0.15) is 0 Å². The number of benzene rings is 1. The van der Waals surface area contributed by atoms with Gasteiger partial charge in [0, 0.05) is 29.9 Å². The van der Waals surface area contributed by atoms with Gasteiger partial charge in [0.05, 0.1) is 32.4 Å². The molecule has 7 heteroatoms. The first-order valence-electron chi connectivity index (χ1n) is 8.00. The van der Waals surface area contributed by atoms with E-state index in [-0.39, 0.29) is 6.61 Å². The molecule has 0 saturated heterocycles. The predicted molar refractivity (Wildman–Crippen MR) is 95.7 cm³/mol. The number of hydrogen-bond acceptors (Lipinski definition) is 7. The van der Waals surface area contributed by atoms with Crippen molar-refractivity contribution >= 4 is 16.7 Å². The minimum atomic E-state index is 0.0137. The number of aromatic nitrogens is 3. The topological polar surface area (TPSA) is 89.4 Å². The summed E-state index contributed by atoms with van der Waals surface area (Å²) in [6.07, 6.45) is 3.43. The van der Waals surface area contributed by atoms with Crippen LogP contribution >= 0.6 is 0 Å². The van der Waals surface area contributed by atoms with Crippen molar-refractivity contribution in [3.63, 3.8) is 0 Å². The number of aliphatic hydroxyl groups is 1. The average Bonchev–Trinajstić information content (AvgIpc) is 2.68. The zero-order chi connectivity index (χ0) is 17.5. The number of nitrogens with zero attached hydrogens (tertiary/aromatic N) is 3. The quantitative estimate of drug-likeness (QED) is 0.607. The highest BCUT2D eigenvalue weighted by molar-refractivity contribution is 5.91. The molecule has 0 atom stereocenters. The molecule has 0 unspecified atom stereocenters. The fourth-order valence-electron chi connectivity index (χ4n) is 2.41. The highest BCUT2D eigenvalue weighted by Crippen LogP contribution is 2.27. The SMILES string of the molecule is COc1ccc2nc(-c3ccncc3)nc(NCCOCCO)c2c1. The van der Waals surface area contributed by atoms with Crippen LogP contribution in [-0.2, 0) is 4.74 Å². The van der Waals surface area contributed by atoms with Crippen LogP contribution in [0, 0.1) is 0 Å². The number of fused-ring (bicyclic) bond motifs is 1. The standard InChI is InChI=1S/C18H20N4O3/c1-24-14-2-3-16-15(12-14)18(20-8-10-25-11-9-23)22-17(21-16)13-4-6-19-7-5-13/h2-7,12,23H,8-11H2,1H3,(H,20,21,22). The third-order valence-electron chi connectivity index (χ3n) is 3.62. The second-order valence-electron chi connectivity index (χ2n) is 5.28. The van der Waals surface area contributed by atoms with Crippen molar-refractivity contribution in [2.75, 3.05) is 38.8 Å². The first-order valence-corrected chi connectivity index (χ1v) is 8.00. The number of hydrogen-bond donors (Lipinski definition) is 2. The first-order chi connectivity index (χ1) is 12.3. The van der Waals surface area contributed by atoms with E-state index in [0.29, 0.717) is 31.4 Å². The molecule has 0 aliphatic carbocycles. The normalized spacial score (nSPS) is 10.8. The van der Waals surface area contributed by atoms with E-state index < -0.39 is 0 Å². The highest BCUT2D eigenvalue weighted by atomic mass is 16.5. The van der Waals surface area contributed by atoms with Gasteiger partial charge in [0.25, 0.3) is 0 Å². The molecule has 25 heavy (non-hydrogen) atoms. The van der Waals surface area contributed by atoms with Crippen LogP contribution in [0.2, 0.25) is 0 Å². The van der Waals surface area contributed by atoms with Gasteiger partial charge in [-0.1, -0.05) is 0 Å². The largest absolute Gasteiger partial charge is 0.497 e. The molecule has 1 aromatic carbocycles. The number of rotatable bonds is 8. The Kier molecular flexibility index (Phi) is 5.71. The van der Waals surface area contributed by atoms with Gasteiger partial charge in [-0.05, 0) is 30.3 Å². The predicted octanol–water partition coefficient (Wildman–Crippen LogP) is 2.12. The molecule has 0 spiro atoms. The van der Waals surface area contributed by atoms with E-state index in [1.54, 1.807) is 19.5 Å². The Morgan fingerprint density at radius 3 is 2.68 bits per heavy atom. The molecule has 0 aliphatic rings. The van der Waals surface area contributed by atoms with Crippen LogP contribution in [0.15, 0.2) is 42.7 Å². The van der Waals surface area contributed by atoms with Gasteiger partial charge >= 0.3 is 0 Å². The van der Waals surface area contributed by atoms with Crippen LogP contribution in [0.4, 0.5) is 5.82 Å². The molecule has 0 saturated carbocycles. The minimum absolute atomic E-state index is 0.0137. The van der Waals surface area contributed by atoms with Crippen LogP contribution in [0.25, 0.3) is 22.3 Å². The van der Waals surface area contributed by atoms with E-state index in [2.05, 4.69) is 20.3 Å². The van der Waals surface area contributed by atoms with Gasteiger partial charge in [-0.3, -0.25) is 4.98 Å². The Hall–Kier alpha value is -2.77. The van der Waals surface area contributed by atoms with E-state index in [1.165, 1.54) is 0 Å². The molecule has 0 radical (unpaired) electrons. The van der Waals surface area contributed by atoms with E-state index in [1.807, 2.05) is 30.3 Å². The van der Waals surface area contributed by atoms with Crippen LogP contribution in [-0.4, -0.2) is 53.5 Å². The molecule has 3 rings (SSSR count). The molecule has 3 aromatic rings. The van der Waals surface area contributed by atoms with Crippen molar-refractivity contribution in [2.45, 2.75) is 0 Å². The molecule has 0 fully saturated rings. The van der Waals surface area contributed by atoms with Gasteiger partial charge in [-0.15, -0.1) is 0 Å². The lowest BCUT2D eigenvalue weighted by Gasteiger charge is -2.12. The highest BCUT2D eigenvalue weighted by Gasteiger charge is 2.10. The smallest absolute Gasteiger partial charge is 0.162 e. The lowest BCUT2D eigenvalue weighted by molar-refractivity contribution is 0.0992. The fourth-order valence-corrected chi connectivity index (χ4v) is 2.41. The minimum Gasteiger partial charge on any atom is -0.497 e. The monoisotopic (exact) mass is 340 g/mol. The van der Waals surface area contributed by atoms with Gasteiger partial charge in [0.15, 0.2) is 5.82 Å². The van der Waals surface area contributed by atoms with E-state index in [9.17, 15) is 0 Å². The maximum Gasteiger partial charge on any atom is 0.162 e. The fraction of sp³-hybridized carbons (Fsp3) is 0.278. The van der Waals surface area contributed by atoms with E-state index >= 15 is 0 Å². The lowest BCUT2D eigenvalue weighted by atomic mass is 10.2. The summed E-state index contributed by atoms with van der Waals surface area (Å²) in [7, 11) is 1.63. The maximum absolute atomic E-state index is 8.76. The number of anilines is 1. The molecule has 0 aliphatic heterocycles. The molecule has 2 heterocycles. The Bertz CT molecular complexity index is 827. The maximum atomic E-state index is 8.76. The molecule has 2 N–H and O–H groups in total. The third kappa shape index (κ3) is 4.20. The van der Waals surface area contributed by atoms with Crippen LogP contribution in [0.3, 0.4) is 0 Å². The summed E-state index contributed by atoms with van der Waals surface area (Å²) in [6.45, 7) is 1.38. The number of ether oxygens (including phenoxy) is 2. The molecule has 0 amide bonds. The Morgan fingerprint density at radius 1 is 1.08 bits per heavy atom. The Labute approximate surface area is 145 Å². The summed E-state index contributed by atoms with van der Waals surface area (Å²) in [5, 5.41) is 12.9. The summed E-state index contributed by atoms with van der Waals surface area (Å²) >= 11 is 0. The van der Waals surface area contributed by atoms with Gasteiger partial charge < -0.3 is 19.9 Å². The summed E-state index contributed by atoms with van der Waals surface area (Å²) < 4.78 is 10.6.